The number of nitrogens with one attached hydrogen (secondary N) is 1. The van der Waals surface area contributed by atoms with E-state index in [1.165, 1.54) is 10.9 Å². The van der Waals surface area contributed by atoms with Crippen LogP contribution in [0.25, 0.3) is 21.9 Å². The van der Waals surface area contributed by atoms with Gasteiger partial charge in [-0.25, -0.2) is 9.97 Å². The average Bonchev–Trinajstić information content (AvgIpc) is 3.23. The number of para-hydroxylation sites is 3. The molecule has 0 saturated carbocycles. The Bertz CT molecular complexity index is 1240. The fraction of sp³-hybridized carbons (Fsp3) is 0.304. The van der Waals surface area contributed by atoms with Crippen LogP contribution in [0.2, 0.25) is 0 Å². The zero-order valence-electron chi connectivity index (χ0n) is 16.6. The second-order valence-electron chi connectivity index (χ2n) is 7.75. The van der Waals surface area contributed by atoms with Crippen molar-refractivity contribution in [1.82, 2.24) is 24.4 Å². The van der Waals surface area contributed by atoms with Gasteiger partial charge in [0.2, 0.25) is 5.91 Å². The van der Waals surface area contributed by atoms with Gasteiger partial charge in [-0.05, 0) is 43.5 Å². The number of likely N-dealkylation sites (tertiary alicyclic amines) is 1. The molecule has 1 amide bonds. The summed E-state index contributed by atoms with van der Waals surface area (Å²) in [5, 5.41) is 0.575. The Kier molecular flexibility index (Phi) is 4.78. The molecule has 30 heavy (non-hydrogen) atoms. The van der Waals surface area contributed by atoms with Gasteiger partial charge in [-0.2, -0.15) is 0 Å². The Labute approximate surface area is 173 Å². The molecule has 2 aromatic heterocycles. The summed E-state index contributed by atoms with van der Waals surface area (Å²) >= 11 is 0. The molecule has 1 aliphatic rings. The molecule has 1 saturated heterocycles. The predicted octanol–water partition coefficient (Wildman–Crippen LogP) is 3.42. The summed E-state index contributed by atoms with van der Waals surface area (Å²) in [4.78, 5) is 40.1. The molecule has 152 valence electrons. The number of imidazole rings is 1. The van der Waals surface area contributed by atoms with Gasteiger partial charge in [0, 0.05) is 19.5 Å². The first-order valence-electron chi connectivity index (χ1n) is 10.4. The Morgan fingerprint density at radius 3 is 2.73 bits per heavy atom. The number of carbonyl (C=O) groups is 1. The number of amides is 1. The molecule has 5 rings (SSSR count). The number of aryl methyl sites for hydroxylation is 1. The van der Waals surface area contributed by atoms with Crippen LogP contribution < -0.4 is 5.56 Å². The fourth-order valence-corrected chi connectivity index (χ4v) is 4.27. The number of fused-ring (bicyclic) bond motifs is 2. The Hall–Kier alpha value is -3.48. The highest BCUT2D eigenvalue weighted by molar-refractivity contribution is 5.78. The van der Waals surface area contributed by atoms with Gasteiger partial charge in [0.15, 0.2) is 0 Å². The highest BCUT2D eigenvalue weighted by Gasteiger charge is 2.30. The van der Waals surface area contributed by atoms with Crippen molar-refractivity contribution in [1.29, 1.82) is 0 Å². The molecule has 1 unspecified atom stereocenters. The first-order valence-corrected chi connectivity index (χ1v) is 10.4. The highest BCUT2D eigenvalue weighted by atomic mass is 16.2. The van der Waals surface area contributed by atoms with E-state index in [0.29, 0.717) is 24.0 Å². The minimum Gasteiger partial charge on any atom is -0.340 e. The van der Waals surface area contributed by atoms with E-state index in [1.54, 1.807) is 6.07 Å². The molecule has 4 aromatic rings. The lowest BCUT2D eigenvalue weighted by Crippen LogP contribution is -2.39. The van der Waals surface area contributed by atoms with Crippen LogP contribution in [0, 0.1) is 0 Å². The lowest BCUT2D eigenvalue weighted by atomic mass is 10.0. The van der Waals surface area contributed by atoms with E-state index in [2.05, 4.69) is 9.97 Å². The first kappa shape index (κ1) is 18.5. The number of hydrogen-bond acceptors (Lipinski definition) is 4. The predicted molar refractivity (Wildman–Crippen MR) is 115 cm³/mol. The molecule has 1 fully saturated rings. The minimum atomic E-state index is -0.110. The number of benzene rings is 2. The molecule has 1 N–H and O–H groups in total. The molecule has 1 atom stereocenters. The Morgan fingerprint density at radius 2 is 1.87 bits per heavy atom. The third-order valence-corrected chi connectivity index (χ3v) is 5.84. The van der Waals surface area contributed by atoms with Crippen molar-refractivity contribution >= 4 is 27.8 Å². The Morgan fingerprint density at radius 1 is 1.07 bits per heavy atom. The van der Waals surface area contributed by atoms with Crippen LogP contribution in [0.4, 0.5) is 0 Å². The van der Waals surface area contributed by atoms with Gasteiger partial charge in [0.25, 0.3) is 5.56 Å². The number of rotatable bonds is 4. The zero-order chi connectivity index (χ0) is 20.5. The van der Waals surface area contributed by atoms with Gasteiger partial charge in [0.05, 0.1) is 34.3 Å². The van der Waals surface area contributed by atoms with Crippen LogP contribution in [0.5, 0.6) is 0 Å². The lowest BCUT2D eigenvalue weighted by Gasteiger charge is -2.34. The quantitative estimate of drug-likeness (QED) is 0.568. The highest BCUT2D eigenvalue weighted by Crippen LogP contribution is 2.31. The van der Waals surface area contributed by atoms with Crippen molar-refractivity contribution in [2.75, 3.05) is 6.54 Å². The second kappa shape index (κ2) is 7.74. The van der Waals surface area contributed by atoms with Crippen LogP contribution in [0.1, 0.15) is 37.5 Å². The molecule has 0 radical (unpaired) electrons. The van der Waals surface area contributed by atoms with Crippen molar-refractivity contribution in [2.45, 2.75) is 38.3 Å². The summed E-state index contributed by atoms with van der Waals surface area (Å²) in [6.45, 7) is 1.03. The van der Waals surface area contributed by atoms with Gasteiger partial charge in [-0.15, -0.1) is 0 Å². The maximum absolute atomic E-state index is 13.1. The summed E-state index contributed by atoms with van der Waals surface area (Å²) in [6.07, 6.45) is 4.74. The van der Waals surface area contributed by atoms with E-state index in [9.17, 15) is 9.59 Å². The number of H-pyrrole nitrogens is 1. The largest absolute Gasteiger partial charge is 0.340 e. The molecule has 0 spiro atoms. The van der Waals surface area contributed by atoms with Crippen LogP contribution >= 0.6 is 0 Å². The second-order valence-corrected chi connectivity index (χ2v) is 7.75. The van der Waals surface area contributed by atoms with Gasteiger partial charge < -0.3 is 9.88 Å². The number of aromatic nitrogens is 4. The van der Waals surface area contributed by atoms with Gasteiger partial charge in [0.1, 0.15) is 5.82 Å². The summed E-state index contributed by atoms with van der Waals surface area (Å²) in [6, 6.07) is 15.1. The number of piperidine rings is 1. The van der Waals surface area contributed by atoms with Crippen LogP contribution in [-0.4, -0.2) is 36.9 Å². The standard InChI is InChI=1S/C23H23N5O2/c29-21(12-14-27-15-24-17-8-2-1-7-16(17)23(27)30)28-13-6-5-11-20(28)22-25-18-9-3-4-10-19(18)26-22/h1-4,7-10,15,20H,5-6,11-14H2,(H,25,26). The lowest BCUT2D eigenvalue weighted by molar-refractivity contribution is -0.135. The smallest absolute Gasteiger partial charge is 0.261 e. The van der Waals surface area contributed by atoms with Crippen molar-refractivity contribution in [3.8, 4) is 0 Å². The summed E-state index contributed by atoms with van der Waals surface area (Å²) in [5.74, 6) is 0.883. The average molecular weight is 401 g/mol. The van der Waals surface area contributed by atoms with E-state index < -0.39 is 0 Å². The minimum absolute atomic E-state index is 0.0419. The summed E-state index contributed by atoms with van der Waals surface area (Å²) in [7, 11) is 0. The van der Waals surface area contributed by atoms with Gasteiger partial charge in [-0.3, -0.25) is 14.2 Å². The van der Waals surface area contributed by atoms with Crippen molar-refractivity contribution in [2.24, 2.45) is 0 Å². The summed E-state index contributed by atoms with van der Waals surface area (Å²) < 4.78 is 1.53. The molecule has 7 heteroatoms. The normalized spacial score (nSPS) is 16.9. The maximum atomic E-state index is 13.1. The number of nitrogens with zero attached hydrogens (tertiary/aromatic N) is 4. The third-order valence-electron chi connectivity index (χ3n) is 5.84. The zero-order valence-corrected chi connectivity index (χ0v) is 16.6. The van der Waals surface area contributed by atoms with Crippen LogP contribution in [-0.2, 0) is 11.3 Å². The molecule has 1 aliphatic heterocycles. The molecule has 2 aromatic carbocycles. The SMILES string of the molecule is O=C(CCn1cnc2ccccc2c1=O)N1CCCCC1c1nc2ccccc2[nH]1. The van der Waals surface area contributed by atoms with Crippen molar-refractivity contribution < 1.29 is 4.79 Å². The van der Waals surface area contributed by atoms with Gasteiger partial charge >= 0.3 is 0 Å². The monoisotopic (exact) mass is 401 g/mol. The first-order chi connectivity index (χ1) is 14.7. The van der Waals surface area contributed by atoms with E-state index in [0.717, 1.165) is 36.1 Å². The molecule has 0 bridgehead atoms. The molecule has 0 aliphatic carbocycles. The van der Waals surface area contributed by atoms with E-state index in [-0.39, 0.29) is 23.9 Å². The maximum Gasteiger partial charge on any atom is 0.261 e. The topological polar surface area (TPSA) is 83.9 Å². The van der Waals surface area contributed by atoms with Gasteiger partial charge in [-0.1, -0.05) is 24.3 Å². The van der Waals surface area contributed by atoms with Crippen LogP contribution in [0.3, 0.4) is 0 Å². The fourth-order valence-electron chi connectivity index (χ4n) is 4.27. The molecule has 7 nitrogen and oxygen atoms in total. The van der Waals surface area contributed by atoms with E-state index in [4.69, 9.17) is 4.98 Å². The molecule has 3 heterocycles. The third kappa shape index (κ3) is 3.36. The Balaban J connectivity index is 1.35. The molecular weight excluding hydrogens is 378 g/mol. The molecular formula is C23H23N5O2. The number of carbonyl (C=O) groups excluding carboxylic acids is 1. The van der Waals surface area contributed by atoms with Crippen molar-refractivity contribution in [3.05, 3.63) is 71.0 Å². The van der Waals surface area contributed by atoms with E-state index >= 15 is 0 Å². The van der Waals surface area contributed by atoms with Crippen molar-refractivity contribution in [3.63, 3.8) is 0 Å². The summed E-state index contributed by atoms with van der Waals surface area (Å²) in [5.41, 5.74) is 2.46. The van der Waals surface area contributed by atoms with Crippen LogP contribution in [0.15, 0.2) is 59.7 Å². The number of aromatic amines is 1. The van der Waals surface area contributed by atoms with E-state index in [1.807, 2.05) is 47.4 Å². The number of hydrogen-bond donors (Lipinski definition) is 1.